The van der Waals surface area contributed by atoms with Crippen LogP contribution in [0.1, 0.15) is 23.3 Å². The number of carbonyl (C=O) groups excluding carboxylic acids is 2. The van der Waals surface area contributed by atoms with E-state index in [4.69, 9.17) is 4.74 Å². The summed E-state index contributed by atoms with van der Waals surface area (Å²) in [5, 5.41) is 2.91. The quantitative estimate of drug-likeness (QED) is 0.702. The van der Waals surface area contributed by atoms with Crippen LogP contribution < -0.4 is 10.1 Å². The summed E-state index contributed by atoms with van der Waals surface area (Å²) in [4.78, 5) is 35.2. The number of para-hydroxylation sites is 1. The van der Waals surface area contributed by atoms with Crippen molar-refractivity contribution in [2.45, 2.75) is 12.8 Å². The largest absolute Gasteiger partial charge is 0.457 e. The van der Waals surface area contributed by atoms with Crippen LogP contribution in [0.25, 0.3) is 0 Å². The van der Waals surface area contributed by atoms with Gasteiger partial charge in [-0.1, -0.05) is 18.2 Å². The molecule has 0 unspecified atom stereocenters. The Kier molecular flexibility index (Phi) is 5.98. The number of hydrogen-bond donors (Lipinski definition) is 1. The molecule has 1 aliphatic heterocycles. The highest BCUT2D eigenvalue weighted by Gasteiger charge is 2.28. The van der Waals surface area contributed by atoms with Gasteiger partial charge in [0.2, 0.25) is 5.91 Å². The predicted molar refractivity (Wildman–Crippen MR) is 112 cm³/mol. The van der Waals surface area contributed by atoms with E-state index in [0.29, 0.717) is 43.1 Å². The summed E-state index contributed by atoms with van der Waals surface area (Å²) in [6, 6.07) is 16.3. The Morgan fingerprint density at radius 3 is 2.40 bits per heavy atom. The average Bonchev–Trinajstić information content (AvgIpc) is 2.80. The van der Waals surface area contributed by atoms with E-state index in [-0.39, 0.29) is 17.7 Å². The molecule has 30 heavy (non-hydrogen) atoms. The van der Waals surface area contributed by atoms with Crippen molar-refractivity contribution < 1.29 is 14.3 Å². The van der Waals surface area contributed by atoms with Gasteiger partial charge in [-0.15, -0.1) is 0 Å². The Balaban J connectivity index is 1.34. The van der Waals surface area contributed by atoms with E-state index in [1.54, 1.807) is 47.8 Å². The number of amides is 2. The number of benzene rings is 1. The second kappa shape index (κ2) is 9.17. The lowest BCUT2D eigenvalue weighted by Crippen LogP contribution is -2.41. The fraction of sp³-hybridized carbons (Fsp3) is 0.217. The van der Waals surface area contributed by atoms with Gasteiger partial charge in [0, 0.05) is 49.4 Å². The van der Waals surface area contributed by atoms with E-state index in [1.165, 1.54) is 0 Å². The zero-order valence-electron chi connectivity index (χ0n) is 16.4. The van der Waals surface area contributed by atoms with Gasteiger partial charge < -0.3 is 15.0 Å². The smallest absolute Gasteiger partial charge is 0.272 e. The van der Waals surface area contributed by atoms with E-state index in [0.717, 1.165) is 5.69 Å². The van der Waals surface area contributed by atoms with Crippen LogP contribution in [0.3, 0.4) is 0 Å². The molecule has 1 aromatic carbocycles. The number of piperidine rings is 1. The summed E-state index contributed by atoms with van der Waals surface area (Å²) in [7, 11) is 0. The van der Waals surface area contributed by atoms with Crippen LogP contribution in [0, 0.1) is 5.92 Å². The maximum absolute atomic E-state index is 12.9. The van der Waals surface area contributed by atoms with E-state index in [1.807, 2.05) is 30.3 Å². The fourth-order valence-corrected chi connectivity index (χ4v) is 3.40. The van der Waals surface area contributed by atoms with Crippen molar-refractivity contribution in [1.29, 1.82) is 0 Å². The molecule has 0 atom stereocenters. The minimum absolute atomic E-state index is 0.0234. The molecule has 7 heteroatoms. The Morgan fingerprint density at radius 1 is 0.933 bits per heavy atom. The number of pyridine rings is 2. The summed E-state index contributed by atoms with van der Waals surface area (Å²) in [5.41, 5.74) is 1.07. The number of carbonyl (C=O) groups is 2. The molecule has 3 heterocycles. The van der Waals surface area contributed by atoms with E-state index in [2.05, 4.69) is 15.3 Å². The molecule has 3 aromatic rings. The van der Waals surface area contributed by atoms with Crippen LogP contribution in [-0.2, 0) is 4.79 Å². The molecule has 0 bridgehead atoms. The molecule has 152 valence electrons. The summed E-state index contributed by atoms with van der Waals surface area (Å²) in [6.07, 6.45) is 6.07. The molecule has 2 aromatic heterocycles. The summed E-state index contributed by atoms with van der Waals surface area (Å²) in [5.74, 6) is 0.961. The summed E-state index contributed by atoms with van der Waals surface area (Å²) < 4.78 is 5.79. The van der Waals surface area contributed by atoms with E-state index >= 15 is 0 Å². The lowest BCUT2D eigenvalue weighted by atomic mass is 9.95. The van der Waals surface area contributed by atoms with Crippen molar-refractivity contribution in [2.24, 2.45) is 5.92 Å². The second-order valence-corrected chi connectivity index (χ2v) is 7.08. The predicted octanol–water partition coefficient (Wildman–Crippen LogP) is 3.76. The Bertz CT molecular complexity index is 1000. The Morgan fingerprint density at radius 2 is 1.67 bits per heavy atom. The number of likely N-dealkylation sites (tertiary alicyclic amines) is 1. The number of anilines is 1. The van der Waals surface area contributed by atoms with Crippen LogP contribution >= 0.6 is 0 Å². The van der Waals surface area contributed by atoms with Gasteiger partial charge in [-0.3, -0.25) is 19.6 Å². The number of nitrogens with zero attached hydrogens (tertiary/aromatic N) is 3. The third-order valence-electron chi connectivity index (χ3n) is 5.03. The van der Waals surface area contributed by atoms with Crippen molar-refractivity contribution in [1.82, 2.24) is 14.9 Å². The lowest BCUT2D eigenvalue weighted by Gasteiger charge is -2.31. The fourth-order valence-electron chi connectivity index (χ4n) is 3.40. The highest BCUT2D eigenvalue weighted by atomic mass is 16.5. The van der Waals surface area contributed by atoms with Gasteiger partial charge >= 0.3 is 0 Å². The van der Waals surface area contributed by atoms with E-state index < -0.39 is 0 Å². The summed E-state index contributed by atoms with van der Waals surface area (Å²) in [6.45, 7) is 1.03. The molecule has 1 N–H and O–H groups in total. The second-order valence-electron chi connectivity index (χ2n) is 7.08. The van der Waals surface area contributed by atoms with Crippen LogP contribution in [0.2, 0.25) is 0 Å². The van der Waals surface area contributed by atoms with Gasteiger partial charge in [0.25, 0.3) is 5.91 Å². The normalized spacial score (nSPS) is 14.2. The highest BCUT2D eigenvalue weighted by molar-refractivity contribution is 5.94. The molecule has 0 spiro atoms. The Hall–Kier alpha value is -3.74. The molecular formula is C23H22N4O3. The Labute approximate surface area is 174 Å². The van der Waals surface area contributed by atoms with Crippen molar-refractivity contribution in [3.05, 3.63) is 78.9 Å². The van der Waals surface area contributed by atoms with Crippen LogP contribution in [0.4, 0.5) is 5.69 Å². The lowest BCUT2D eigenvalue weighted by molar-refractivity contribution is -0.121. The number of nitrogens with one attached hydrogen (secondary N) is 1. The minimum atomic E-state index is -0.151. The van der Waals surface area contributed by atoms with Crippen LogP contribution in [0.5, 0.6) is 11.5 Å². The van der Waals surface area contributed by atoms with Gasteiger partial charge in [-0.05, 0) is 43.2 Å². The molecule has 7 nitrogen and oxygen atoms in total. The molecule has 2 amide bonds. The zero-order valence-corrected chi connectivity index (χ0v) is 16.4. The number of ether oxygens (including phenoxy) is 1. The van der Waals surface area contributed by atoms with Crippen LogP contribution in [-0.4, -0.2) is 39.8 Å². The summed E-state index contributed by atoms with van der Waals surface area (Å²) >= 11 is 0. The van der Waals surface area contributed by atoms with Gasteiger partial charge in [-0.25, -0.2) is 0 Å². The SMILES string of the molecule is O=C(Nc1ccncc1)C1CCN(C(=O)c2cc(Oc3ccccc3)ccn2)CC1. The molecule has 4 rings (SSSR count). The molecular weight excluding hydrogens is 380 g/mol. The molecule has 1 fully saturated rings. The van der Waals surface area contributed by atoms with Gasteiger partial charge in [0.1, 0.15) is 17.2 Å². The topological polar surface area (TPSA) is 84.4 Å². The van der Waals surface area contributed by atoms with Crippen LogP contribution in [0.15, 0.2) is 73.2 Å². The first-order chi connectivity index (χ1) is 14.7. The van der Waals surface area contributed by atoms with Crippen molar-refractivity contribution in [2.75, 3.05) is 18.4 Å². The van der Waals surface area contributed by atoms with E-state index in [9.17, 15) is 9.59 Å². The number of aromatic nitrogens is 2. The van der Waals surface area contributed by atoms with Crippen molar-refractivity contribution in [3.63, 3.8) is 0 Å². The first-order valence-electron chi connectivity index (χ1n) is 9.88. The molecule has 1 saturated heterocycles. The standard InChI is InChI=1S/C23H22N4O3/c28-22(26-18-6-11-24-12-7-18)17-9-14-27(15-10-17)23(29)21-16-20(8-13-25-21)30-19-4-2-1-3-5-19/h1-8,11-13,16-17H,9-10,14-15H2,(H,24,26,28). The molecule has 0 saturated carbocycles. The third-order valence-corrected chi connectivity index (χ3v) is 5.03. The monoisotopic (exact) mass is 402 g/mol. The highest BCUT2D eigenvalue weighted by Crippen LogP contribution is 2.24. The molecule has 1 aliphatic rings. The number of hydrogen-bond acceptors (Lipinski definition) is 5. The first-order valence-corrected chi connectivity index (χ1v) is 9.88. The molecule has 0 aliphatic carbocycles. The minimum Gasteiger partial charge on any atom is -0.457 e. The van der Waals surface area contributed by atoms with Gasteiger partial charge in [0.05, 0.1) is 0 Å². The maximum atomic E-state index is 12.9. The third kappa shape index (κ3) is 4.81. The van der Waals surface area contributed by atoms with Gasteiger partial charge in [-0.2, -0.15) is 0 Å². The maximum Gasteiger partial charge on any atom is 0.272 e. The molecule has 0 radical (unpaired) electrons. The zero-order chi connectivity index (χ0) is 20.8. The van der Waals surface area contributed by atoms with Crippen molar-refractivity contribution in [3.8, 4) is 11.5 Å². The first kappa shape index (κ1) is 19.6. The number of rotatable bonds is 5. The van der Waals surface area contributed by atoms with Gasteiger partial charge in [0.15, 0.2) is 0 Å². The average molecular weight is 402 g/mol. The van der Waals surface area contributed by atoms with Crippen molar-refractivity contribution >= 4 is 17.5 Å².